The third kappa shape index (κ3) is 8.92. The second-order valence-electron chi connectivity index (χ2n) is 8.52. The monoisotopic (exact) mass is 537 g/mol. The molecule has 2 N–H and O–H groups in total. The fraction of sp³-hybridized carbons (Fsp3) is 0.250. The molecular formula is C28H28FN3O7. The van der Waals surface area contributed by atoms with Crippen molar-refractivity contribution >= 4 is 23.9 Å². The summed E-state index contributed by atoms with van der Waals surface area (Å²) in [7, 11) is 1.14. The van der Waals surface area contributed by atoms with Gasteiger partial charge in [0.1, 0.15) is 18.5 Å². The molecule has 3 rings (SSSR count). The number of pyridine rings is 1. The van der Waals surface area contributed by atoms with Gasteiger partial charge in [0, 0.05) is 31.0 Å². The van der Waals surface area contributed by atoms with Crippen molar-refractivity contribution in [2.75, 3.05) is 13.7 Å². The topological polar surface area (TPSA) is 135 Å². The number of carboxylic acid groups (broad SMARTS) is 1. The summed E-state index contributed by atoms with van der Waals surface area (Å²) < 4.78 is 24.6. The number of halogens is 1. The second kappa shape index (κ2) is 14.2. The van der Waals surface area contributed by atoms with E-state index in [-0.39, 0.29) is 30.8 Å². The summed E-state index contributed by atoms with van der Waals surface area (Å²) in [4.78, 5) is 55.0. The molecule has 39 heavy (non-hydrogen) atoms. The normalized spacial score (nSPS) is 11.2. The molecular weight excluding hydrogens is 509 g/mol. The smallest absolute Gasteiger partial charge is 0.408 e. The van der Waals surface area contributed by atoms with Gasteiger partial charge in [0.2, 0.25) is 5.91 Å². The third-order valence-corrected chi connectivity index (χ3v) is 5.76. The van der Waals surface area contributed by atoms with E-state index in [0.29, 0.717) is 6.42 Å². The molecule has 1 atom stereocenters. The Kier molecular flexibility index (Phi) is 10.5. The number of amides is 2. The van der Waals surface area contributed by atoms with E-state index in [4.69, 9.17) is 9.47 Å². The molecule has 2 amide bonds. The summed E-state index contributed by atoms with van der Waals surface area (Å²) in [6, 6.07) is 14.3. The zero-order chi connectivity index (χ0) is 28.2. The Balaban J connectivity index is 1.83. The number of aromatic nitrogens is 1. The van der Waals surface area contributed by atoms with Crippen LogP contribution >= 0.6 is 0 Å². The number of carboxylic acids is 1. The Morgan fingerprint density at radius 1 is 1.05 bits per heavy atom. The number of alkyl carbamates (subject to hydrolysis) is 1. The van der Waals surface area contributed by atoms with Gasteiger partial charge in [-0.2, -0.15) is 0 Å². The highest BCUT2D eigenvalue weighted by Gasteiger charge is 2.30. The van der Waals surface area contributed by atoms with E-state index in [0.717, 1.165) is 36.4 Å². The number of aromatic carboxylic acids is 1. The number of benzene rings is 2. The first kappa shape index (κ1) is 28.8. The Morgan fingerprint density at radius 3 is 2.46 bits per heavy atom. The van der Waals surface area contributed by atoms with E-state index < -0.39 is 42.2 Å². The lowest BCUT2D eigenvalue weighted by Crippen LogP contribution is -2.50. The number of nitrogens with zero attached hydrogens (tertiary/aromatic N) is 2. The minimum absolute atomic E-state index is 0.0436. The molecule has 0 aliphatic heterocycles. The summed E-state index contributed by atoms with van der Waals surface area (Å²) >= 11 is 0. The predicted octanol–water partition coefficient (Wildman–Crippen LogP) is 3.35. The zero-order valence-electron chi connectivity index (χ0n) is 21.2. The van der Waals surface area contributed by atoms with Crippen LogP contribution in [-0.2, 0) is 38.6 Å². The second-order valence-corrected chi connectivity index (χ2v) is 8.52. The number of nitrogens with one attached hydrogen (secondary N) is 1. The van der Waals surface area contributed by atoms with Crippen LogP contribution in [0.2, 0.25) is 0 Å². The van der Waals surface area contributed by atoms with Crippen molar-refractivity contribution in [3.05, 3.63) is 101 Å². The Labute approximate surface area is 224 Å². The van der Waals surface area contributed by atoms with Crippen LogP contribution in [0.5, 0.6) is 0 Å². The molecule has 0 aliphatic carbocycles. The van der Waals surface area contributed by atoms with E-state index in [1.807, 2.05) is 6.07 Å². The maximum Gasteiger partial charge on any atom is 0.408 e. The maximum atomic E-state index is 14.7. The van der Waals surface area contributed by atoms with Gasteiger partial charge in [-0.1, -0.05) is 36.4 Å². The molecule has 0 bridgehead atoms. The van der Waals surface area contributed by atoms with Crippen LogP contribution in [0.15, 0.2) is 73.1 Å². The van der Waals surface area contributed by atoms with Crippen LogP contribution in [0.25, 0.3) is 0 Å². The van der Waals surface area contributed by atoms with Gasteiger partial charge in [-0.3, -0.25) is 14.6 Å². The lowest BCUT2D eigenvalue weighted by Gasteiger charge is -2.28. The largest absolute Gasteiger partial charge is 0.478 e. The minimum atomic E-state index is -1.39. The van der Waals surface area contributed by atoms with Gasteiger partial charge in [-0.15, -0.1) is 0 Å². The van der Waals surface area contributed by atoms with E-state index in [1.165, 1.54) is 4.90 Å². The van der Waals surface area contributed by atoms with Crippen molar-refractivity contribution in [1.29, 1.82) is 0 Å². The van der Waals surface area contributed by atoms with Crippen molar-refractivity contribution in [3.8, 4) is 0 Å². The SMILES string of the molecule is COC(=O)CC(NC(=O)OCc1ccccc1)C(=O)N(CCc1cccnc1)Cc1cc(C(=O)O)ccc1F. The average molecular weight is 538 g/mol. The van der Waals surface area contributed by atoms with Crippen molar-refractivity contribution < 1.29 is 38.1 Å². The number of methoxy groups -OCH3 is 1. The molecule has 2 aromatic carbocycles. The molecule has 0 aliphatic rings. The van der Waals surface area contributed by atoms with Crippen molar-refractivity contribution in [1.82, 2.24) is 15.2 Å². The molecule has 11 heteroatoms. The van der Waals surface area contributed by atoms with E-state index in [9.17, 15) is 28.7 Å². The minimum Gasteiger partial charge on any atom is -0.478 e. The summed E-state index contributed by atoms with van der Waals surface area (Å²) in [6.45, 7) is -0.326. The van der Waals surface area contributed by atoms with Gasteiger partial charge in [-0.05, 0) is 41.8 Å². The number of hydrogen-bond acceptors (Lipinski definition) is 7. The molecule has 1 unspecified atom stereocenters. The van der Waals surface area contributed by atoms with Crippen molar-refractivity contribution in [3.63, 3.8) is 0 Å². The number of carbonyl (C=O) groups is 4. The number of esters is 1. The zero-order valence-corrected chi connectivity index (χ0v) is 21.2. The van der Waals surface area contributed by atoms with E-state index in [2.05, 4.69) is 10.3 Å². The molecule has 3 aromatic rings. The molecule has 204 valence electrons. The Morgan fingerprint density at radius 2 is 1.79 bits per heavy atom. The molecule has 0 saturated carbocycles. The van der Waals surface area contributed by atoms with Crippen LogP contribution in [0.4, 0.5) is 9.18 Å². The Hall–Kier alpha value is -4.80. The van der Waals surface area contributed by atoms with Crippen molar-refractivity contribution in [2.24, 2.45) is 0 Å². The van der Waals surface area contributed by atoms with Crippen LogP contribution < -0.4 is 5.32 Å². The van der Waals surface area contributed by atoms with Gasteiger partial charge in [0.05, 0.1) is 19.1 Å². The van der Waals surface area contributed by atoms with Gasteiger partial charge in [-0.25, -0.2) is 14.0 Å². The summed E-state index contributed by atoms with van der Waals surface area (Å²) in [5.74, 6) is -3.43. The first-order valence-electron chi connectivity index (χ1n) is 12.0. The van der Waals surface area contributed by atoms with Crippen molar-refractivity contribution in [2.45, 2.75) is 32.0 Å². The lowest BCUT2D eigenvalue weighted by atomic mass is 10.1. The fourth-order valence-electron chi connectivity index (χ4n) is 3.69. The highest BCUT2D eigenvalue weighted by Crippen LogP contribution is 2.16. The maximum absolute atomic E-state index is 14.7. The molecule has 0 fully saturated rings. The predicted molar refractivity (Wildman–Crippen MR) is 137 cm³/mol. The van der Waals surface area contributed by atoms with Gasteiger partial charge < -0.3 is 24.8 Å². The molecule has 1 aromatic heterocycles. The number of hydrogen-bond donors (Lipinski definition) is 2. The first-order chi connectivity index (χ1) is 18.8. The molecule has 0 spiro atoms. The molecule has 10 nitrogen and oxygen atoms in total. The third-order valence-electron chi connectivity index (χ3n) is 5.76. The van der Waals surface area contributed by atoms with Gasteiger partial charge >= 0.3 is 18.0 Å². The standard InChI is InChI=1S/C28H28FN3O7/c1-38-25(33)15-24(31-28(37)39-18-20-6-3-2-4-7-20)26(34)32(13-11-19-8-5-12-30-16-19)17-22-14-21(27(35)36)9-10-23(22)29/h2-10,12,14,16,24H,11,13,15,17-18H2,1H3,(H,31,37)(H,35,36). The summed E-state index contributed by atoms with van der Waals surface area (Å²) in [6.07, 6.45) is 2.09. The average Bonchev–Trinajstić information content (AvgIpc) is 2.95. The lowest BCUT2D eigenvalue weighted by molar-refractivity contribution is -0.145. The molecule has 0 radical (unpaired) electrons. The quantitative estimate of drug-likeness (QED) is 0.336. The van der Waals surface area contributed by atoms with Gasteiger partial charge in [0.25, 0.3) is 0 Å². The van der Waals surface area contributed by atoms with Crippen LogP contribution in [0.3, 0.4) is 0 Å². The highest BCUT2D eigenvalue weighted by molar-refractivity contribution is 5.90. The molecule has 1 heterocycles. The van der Waals surface area contributed by atoms with Gasteiger partial charge in [0.15, 0.2) is 0 Å². The van der Waals surface area contributed by atoms with Crippen LogP contribution in [-0.4, -0.2) is 58.6 Å². The molecule has 0 saturated heterocycles. The fourth-order valence-corrected chi connectivity index (χ4v) is 3.69. The highest BCUT2D eigenvalue weighted by atomic mass is 19.1. The van der Waals surface area contributed by atoms with Crippen LogP contribution in [0.1, 0.15) is 33.5 Å². The summed E-state index contributed by atoms with van der Waals surface area (Å²) in [5.41, 5.74) is 1.31. The number of rotatable bonds is 12. The van der Waals surface area contributed by atoms with E-state index >= 15 is 0 Å². The first-order valence-corrected chi connectivity index (χ1v) is 12.0. The van der Waals surface area contributed by atoms with Crippen LogP contribution in [0, 0.1) is 5.82 Å². The number of carbonyl (C=O) groups excluding carboxylic acids is 3. The summed E-state index contributed by atoms with van der Waals surface area (Å²) in [5, 5.41) is 11.7. The number of ether oxygens (including phenoxy) is 2. The Bertz CT molecular complexity index is 1290. The van der Waals surface area contributed by atoms with E-state index in [1.54, 1.807) is 48.8 Å².